The molecule has 2 rings (SSSR count). The van der Waals surface area contributed by atoms with Crippen LogP contribution in [0.3, 0.4) is 0 Å². The minimum Gasteiger partial charge on any atom is -0.381 e. The molecule has 1 aliphatic rings. The SMILES string of the molecule is CNC(C)Cc1noc(C2CCCOC2)n1.Cl. The van der Waals surface area contributed by atoms with Crippen molar-refractivity contribution >= 4 is 12.4 Å². The van der Waals surface area contributed by atoms with Gasteiger partial charge in [0, 0.05) is 19.1 Å². The van der Waals surface area contributed by atoms with Gasteiger partial charge >= 0.3 is 0 Å². The molecular weight excluding hydrogens is 242 g/mol. The second-order valence-electron chi connectivity index (χ2n) is 4.36. The zero-order valence-electron chi connectivity index (χ0n) is 10.3. The van der Waals surface area contributed by atoms with E-state index in [0.717, 1.165) is 37.6 Å². The zero-order valence-corrected chi connectivity index (χ0v) is 11.1. The molecule has 0 spiro atoms. The molecule has 1 aromatic heterocycles. The summed E-state index contributed by atoms with van der Waals surface area (Å²) in [5.41, 5.74) is 0. The van der Waals surface area contributed by atoms with E-state index < -0.39 is 0 Å². The molecule has 0 aromatic carbocycles. The predicted molar refractivity (Wildman–Crippen MR) is 66.6 cm³/mol. The normalized spacial score (nSPS) is 21.9. The van der Waals surface area contributed by atoms with Crippen molar-refractivity contribution < 1.29 is 9.26 Å². The molecule has 0 aliphatic carbocycles. The Hall–Kier alpha value is -0.650. The van der Waals surface area contributed by atoms with Crippen LogP contribution >= 0.6 is 12.4 Å². The molecule has 0 radical (unpaired) electrons. The number of nitrogens with zero attached hydrogens (tertiary/aromatic N) is 2. The van der Waals surface area contributed by atoms with E-state index in [4.69, 9.17) is 9.26 Å². The lowest BCUT2D eigenvalue weighted by molar-refractivity contribution is 0.0705. The molecule has 2 atom stereocenters. The maximum atomic E-state index is 5.41. The summed E-state index contributed by atoms with van der Waals surface area (Å²) in [7, 11) is 1.93. The summed E-state index contributed by atoms with van der Waals surface area (Å²) in [6.45, 7) is 3.66. The van der Waals surface area contributed by atoms with Crippen LogP contribution in [0.2, 0.25) is 0 Å². The maximum absolute atomic E-state index is 5.41. The molecule has 1 saturated heterocycles. The lowest BCUT2D eigenvalue weighted by Gasteiger charge is -2.18. The summed E-state index contributed by atoms with van der Waals surface area (Å²) in [4.78, 5) is 4.42. The Kier molecular flexibility index (Phi) is 5.88. The van der Waals surface area contributed by atoms with Gasteiger partial charge in [0.25, 0.3) is 0 Å². The van der Waals surface area contributed by atoms with Gasteiger partial charge in [-0.05, 0) is 26.8 Å². The standard InChI is InChI=1S/C11H19N3O2.ClH/c1-8(12-2)6-10-13-11(16-14-10)9-4-3-5-15-7-9;/h8-9,12H,3-7H2,1-2H3;1H. The van der Waals surface area contributed by atoms with E-state index in [1.165, 1.54) is 0 Å². The number of likely N-dealkylation sites (N-methyl/N-ethyl adjacent to an activating group) is 1. The van der Waals surface area contributed by atoms with Gasteiger partial charge in [-0.2, -0.15) is 4.98 Å². The van der Waals surface area contributed by atoms with E-state index in [1.54, 1.807) is 0 Å². The number of ether oxygens (including phenoxy) is 1. The van der Waals surface area contributed by atoms with E-state index >= 15 is 0 Å². The van der Waals surface area contributed by atoms with Gasteiger partial charge in [-0.1, -0.05) is 5.16 Å². The highest BCUT2D eigenvalue weighted by Crippen LogP contribution is 2.23. The monoisotopic (exact) mass is 261 g/mol. The summed E-state index contributed by atoms with van der Waals surface area (Å²) < 4.78 is 10.7. The molecule has 0 saturated carbocycles. The summed E-state index contributed by atoms with van der Waals surface area (Å²) in [5, 5.41) is 7.15. The van der Waals surface area contributed by atoms with Gasteiger partial charge in [0.15, 0.2) is 5.82 Å². The third kappa shape index (κ3) is 3.94. The first-order valence-electron chi connectivity index (χ1n) is 5.87. The van der Waals surface area contributed by atoms with Crippen molar-refractivity contribution in [2.24, 2.45) is 0 Å². The van der Waals surface area contributed by atoms with Crippen molar-refractivity contribution in [1.82, 2.24) is 15.5 Å². The molecule has 6 heteroatoms. The van der Waals surface area contributed by atoms with Crippen LogP contribution in [-0.2, 0) is 11.2 Å². The third-order valence-corrected chi connectivity index (χ3v) is 2.97. The van der Waals surface area contributed by atoms with Crippen LogP contribution in [0.15, 0.2) is 4.52 Å². The minimum atomic E-state index is 0. The van der Waals surface area contributed by atoms with Crippen molar-refractivity contribution in [2.75, 3.05) is 20.3 Å². The Balaban J connectivity index is 0.00000144. The second-order valence-corrected chi connectivity index (χ2v) is 4.36. The summed E-state index contributed by atoms with van der Waals surface area (Å²) >= 11 is 0. The minimum absolute atomic E-state index is 0. The van der Waals surface area contributed by atoms with Crippen LogP contribution < -0.4 is 5.32 Å². The topological polar surface area (TPSA) is 60.2 Å². The van der Waals surface area contributed by atoms with Crippen LogP contribution in [0.4, 0.5) is 0 Å². The van der Waals surface area contributed by atoms with Crippen molar-refractivity contribution in [3.05, 3.63) is 11.7 Å². The van der Waals surface area contributed by atoms with Crippen LogP contribution in [0.1, 0.15) is 37.4 Å². The van der Waals surface area contributed by atoms with Crippen LogP contribution in [-0.4, -0.2) is 36.4 Å². The summed E-state index contributed by atoms with van der Waals surface area (Å²) in [5.74, 6) is 1.81. The lowest BCUT2D eigenvalue weighted by atomic mass is 10.0. The Morgan fingerprint density at radius 1 is 1.53 bits per heavy atom. The van der Waals surface area contributed by atoms with Crippen LogP contribution in [0.5, 0.6) is 0 Å². The highest BCUT2D eigenvalue weighted by molar-refractivity contribution is 5.85. The van der Waals surface area contributed by atoms with Crippen molar-refractivity contribution in [3.63, 3.8) is 0 Å². The maximum Gasteiger partial charge on any atom is 0.232 e. The lowest BCUT2D eigenvalue weighted by Crippen LogP contribution is -2.24. The van der Waals surface area contributed by atoms with E-state index in [9.17, 15) is 0 Å². The number of hydrogen-bond acceptors (Lipinski definition) is 5. The number of halogens is 1. The van der Waals surface area contributed by atoms with Crippen LogP contribution in [0, 0.1) is 0 Å². The largest absolute Gasteiger partial charge is 0.381 e. The van der Waals surface area contributed by atoms with Gasteiger partial charge in [-0.15, -0.1) is 12.4 Å². The molecular formula is C11H20ClN3O2. The van der Waals surface area contributed by atoms with Gasteiger partial charge in [-0.25, -0.2) is 0 Å². The van der Waals surface area contributed by atoms with E-state index in [2.05, 4.69) is 22.4 Å². The summed E-state index contributed by atoms with van der Waals surface area (Å²) in [6.07, 6.45) is 2.96. The first kappa shape index (κ1) is 14.4. The molecule has 17 heavy (non-hydrogen) atoms. The van der Waals surface area contributed by atoms with Crippen molar-refractivity contribution in [1.29, 1.82) is 0 Å². The quantitative estimate of drug-likeness (QED) is 0.891. The van der Waals surface area contributed by atoms with E-state index in [-0.39, 0.29) is 12.4 Å². The van der Waals surface area contributed by atoms with Gasteiger partial charge in [0.05, 0.1) is 12.5 Å². The average Bonchev–Trinajstić information content (AvgIpc) is 2.78. The highest BCUT2D eigenvalue weighted by atomic mass is 35.5. The number of rotatable bonds is 4. The average molecular weight is 262 g/mol. The molecule has 1 fully saturated rings. The Morgan fingerprint density at radius 3 is 3.00 bits per heavy atom. The molecule has 1 aliphatic heterocycles. The van der Waals surface area contributed by atoms with Gasteiger partial charge < -0.3 is 14.6 Å². The Labute approximate surface area is 108 Å². The number of aromatic nitrogens is 2. The molecule has 5 nitrogen and oxygen atoms in total. The smallest absolute Gasteiger partial charge is 0.232 e. The molecule has 0 bridgehead atoms. The van der Waals surface area contributed by atoms with Gasteiger partial charge in [-0.3, -0.25) is 0 Å². The number of nitrogens with one attached hydrogen (secondary N) is 1. The van der Waals surface area contributed by atoms with E-state index in [1.807, 2.05) is 7.05 Å². The first-order chi connectivity index (χ1) is 7.79. The van der Waals surface area contributed by atoms with Crippen LogP contribution in [0.25, 0.3) is 0 Å². The number of hydrogen-bond donors (Lipinski definition) is 1. The van der Waals surface area contributed by atoms with Gasteiger partial charge in [0.1, 0.15) is 0 Å². The zero-order chi connectivity index (χ0) is 11.4. The second kappa shape index (κ2) is 6.93. The fraction of sp³-hybridized carbons (Fsp3) is 0.818. The van der Waals surface area contributed by atoms with Crippen molar-refractivity contribution in [3.8, 4) is 0 Å². The fourth-order valence-corrected chi connectivity index (χ4v) is 1.83. The molecule has 98 valence electrons. The first-order valence-corrected chi connectivity index (χ1v) is 5.87. The highest BCUT2D eigenvalue weighted by Gasteiger charge is 2.22. The third-order valence-electron chi connectivity index (χ3n) is 2.97. The molecule has 2 heterocycles. The molecule has 1 aromatic rings. The van der Waals surface area contributed by atoms with E-state index in [0.29, 0.717) is 18.6 Å². The Bertz CT molecular complexity index is 326. The molecule has 1 N–H and O–H groups in total. The predicted octanol–water partition coefficient (Wildman–Crippen LogP) is 1.54. The Morgan fingerprint density at radius 2 is 2.35 bits per heavy atom. The van der Waals surface area contributed by atoms with Gasteiger partial charge in [0.2, 0.25) is 5.89 Å². The summed E-state index contributed by atoms with van der Waals surface area (Å²) in [6, 6.07) is 0.369. The molecule has 0 amide bonds. The fourth-order valence-electron chi connectivity index (χ4n) is 1.83. The molecule has 2 unspecified atom stereocenters. The van der Waals surface area contributed by atoms with Crippen molar-refractivity contribution in [2.45, 2.75) is 38.1 Å².